The summed E-state index contributed by atoms with van der Waals surface area (Å²) in [4.78, 5) is 21.0. The van der Waals surface area contributed by atoms with Crippen LogP contribution < -0.4 is 0 Å². The third-order valence-corrected chi connectivity index (χ3v) is 2.17. The van der Waals surface area contributed by atoms with E-state index in [0.29, 0.717) is 0 Å². The van der Waals surface area contributed by atoms with Gasteiger partial charge < -0.3 is 24.8 Å². The summed E-state index contributed by atoms with van der Waals surface area (Å²) in [6, 6.07) is -1.48. The number of nitrogens with zero attached hydrogens (tertiary/aromatic N) is 1. The molecule has 8 nitrogen and oxygen atoms in total. The lowest BCUT2D eigenvalue weighted by molar-refractivity contribution is -0.261. The van der Waals surface area contributed by atoms with Crippen molar-refractivity contribution in [3.8, 4) is 0 Å². The molecular weight excluding hydrogens is 210 g/mol. The van der Waals surface area contributed by atoms with Crippen LogP contribution in [0.15, 0.2) is 5.18 Å². The molecule has 1 fully saturated rings. The minimum atomic E-state index is -1.69. The quantitative estimate of drug-likeness (QED) is 0.485. The summed E-state index contributed by atoms with van der Waals surface area (Å²) in [7, 11) is 1.17. The SMILES string of the molecule is COC1OC(C(=O)O)C(O)C(N=O)C1O. The van der Waals surface area contributed by atoms with Crippen LogP contribution >= 0.6 is 0 Å². The van der Waals surface area contributed by atoms with Gasteiger partial charge in [0, 0.05) is 7.11 Å². The van der Waals surface area contributed by atoms with Crippen molar-refractivity contribution in [2.45, 2.75) is 30.6 Å². The second kappa shape index (κ2) is 4.62. The normalized spacial score (nSPS) is 41.1. The number of ether oxygens (including phenoxy) is 2. The average molecular weight is 221 g/mol. The maximum absolute atomic E-state index is 10.6. The third kappa shape index (κ3) is 2.12. The number of carbonyl (C=O) groups is 1. The Morgan fingerprint density at radius 1 is 1.40 bits per heavy atom. The summed E-state index contributed by atoms with van der Waals surface area (Å²) < 4.78 is 9.35. The van der Waals surface area contributed by atoms with E-state index in [9.17, 15) is 19.9 Å². The first kappa shape index (κ1) is 12.0. The van der Waals surface area contributed by atoms with Crippen molar-refractivity contribution in [1.29, 1.82) is 0 Å². The predicted molar refractivity (Wildman–Crippen MR) is 44.9 cm³/mol. The van der Waals surface area contributed by atoms with Crippen LogP contribution in [0.25, 0.3) is 0 Å². The molecule has 86 valence electrons. The standard InChI is InChI=1S/C7H11NO7/c1-14-7-4(10)2(8-13)3(9)5(15-7)6(11)12/h2-5,7,9-10H,1H3,(H,11,12). The fraction of sp³-hybridized carbons (Fsp3) is 0.857. The molecule has 0 amide bonds. The molecule has 0 spiro atoms. The predicted octanol–water partition coefficient (Wildman–Crippen LogP) is -1.70. The number of aliphatic hydroxyl groups excluding tert-OH is 2. The van der Waals surface area contributed by atoms with Crippen molar-refractivity contribution in [3.05, 3.63) is 4.91 Å². The minimum absolute atomic E-state index is 1.17. The zero-order chi connectivity index (χ0) is 11.6. The van der Waals surface area contributed by atoms with Gasteiger partial charge in [-0.2, -0.15) is 4.91 Å². The summed E-state index contributed by atoms with van der Waals surface area (Å²) in [5, 5.41) is 29.9. The van der Waals surface area contributed by atoms with E-state index >= 15 is 0 Å². The summed E-state index contributed by atoms with van der Waals surface area (Å²) in [5.41, 5.74) is 0. The summed E-state index contributed by atoms with van der Waals surface area (Å²) in [5.74, 6) is -1.45. The molecule has 15 heavy (non-hydrogen) atoms. The zero-order valence-corrected chi connectivity index (χ0v) is 7.81. The van der Waals surface area contributed by atoms with Crippen LogP contribution in [0.4, 0.5) is 0 Å². The molecule has 0 bridgehead atoms. The van der Waals surface area contributed by atoms with Crippen molar-refractivity contribution in [2.75, 3.05) is 7.11 Å². The highest BCUT2D eigenvalue weighted by Gasteiger charge is 2.48. The lowest BCUT2D eigenvalue weighted by atomic mass is 9.97. The highest BCUT2D eigenvalue weighted by molar-refractivity contribution is 5.73. The Labute approximate surface area is 84.4 Å². The smallest absolute Gasteiger partial charge is 0.335 e. The van der Waals surface area contributed by atoms with Gasteiger partial charge in [-0.1, -0.05) is 5.18 Å². The van der Waals surface area contributed by atoms with Crippen molar-refractivity contribution in [2.24, 2.45) is 5.18 Å². The molecule has 0 radical (unpaired) electrons. The monoisotopic (exact) mass is 221 g/mol. The van der Waals surface area contributed by atoms with Crippen LogP contribution in [0.2, 0.25) is 0 Å². The van der Waals surface area contributed by atoms with Gasteiger partial charge in [0.25, 0.3) is 0 Å². The van der Waals surface area contributed by atoms with E-state index in [0.717, 1.165) is 0 Å². The van der Waals surface area contributed by atoms with Crippen LogP contribution in [-0.2, 0) is 14.3 Å². The molecule has 0 aliphatic carbocycles. The maximum Gasteiger partial charge on any atom is 0.335 e. The minimum Gasteiger partial charge on any atom is -0.479 e. The molecule has 1 aliphatic heterocycles. The van der Waals surface area contributed by atoms with Gasteiger partial charge in [-0.05, 0) is 0 Å². The number of carboxylic acids is 1. The van der Waals surface area contributed by atoms with E-state index in [1.165, 1.54) is 7.11 Å². The Hall–Kier alpha value is -1.09. The molecular formula is C7H11NO7. The first-order chi connectivity index (χ1) is 7.02. The number of aliphatic hydroxyl groups is 2. The number of methoxy groups -OCH3 is 1. The van der Waals surface area contributed by atoms with E-state index in [-0.39, 0.29) is 0 Å². The van der Waals surface area contributed by atoms with Gasteiger partial charge in [0.05, 0.1) is 0 Å². The van der Waals surface area contributed by atoms with Crippen molar-refractivity contribution < 1.29 is 29.6 Å². The van der Waals surface area contributed by atoms with Crippen LogP contribution in [-0.4, -0.2) is 59.0 Å². The van der Waals surface area contributed by atoms with E-state index in [1.54, 1.807) is 0 Å². The number of hydrogen-bond acceptors (Lipinski definition) is 7. The van der Waals surface area contributed by atoms with Gasteiger partial charge >= 0.3 is 5.97 Å². The highest BCUT2D eigenvalue weighted by atomic mass is 16.7. The van der Waals surface area contributed by atoms with E-state index < -0.39 is 36.6 Å². The molecule has 0 saturated carbocycles. The molecule has 3 N–H and O–H groups in total. The van der Waals surface area contributed by atoms with Gasteiger partial charge in [0.2, 0.25) is 0 Å². The lowest BCUT2D eigenvalue weighted by Crippen LogP contribution is -2.59. The van der Waals surface area contributed by atoms with Crippen LogP contribution in [0, 0.1) is 4.91 Å². The first-order valence-corrected chi connectivity index (χ1v) is 4.12. The molecule has 1 aliphatic rings. The van der Waals surface area contributed by atoms with Crippen molar-refractivity contribution in [3.63, 3.8) is 0 Å². The number of aliphatic carboxylic acids is 1. The van der Waals surface area contributed by atoms with Crippen LogP contribution in [0.3, 0.4) is 0 Å². The number of rotatable bonds is 3. The fourth-order valence-electron chi connectivity index (χ4n) is 1.37. The largest absolute Gasteiger partial charge is 0.479 e. The van der Waals surface area contributed by atoms with E-state index in [1.807, 2.05) is 0 Å². The average Bonchev–Trinajstić information content (AvgIpc) is 2.18. The molecule has 5 atom stereocenters. The number of carboxylic acid groups (broad SMARTS) is 1. The van der Waals surface area contributed by atoms with Crippen LogP contribution in [0.5, 0.6) is 0 Å². The number of nitroso groups, excluding NO2 is 1. The molecule has 1 rings (SSSR count). The summed E-state index contributed by atoms with van der Waals surface area (Å²) >= 11 is 0. The van der Waals surface area contributed by atoms with Crippen molar-refractivity contribution >= 4 is 5.97 Å². The molecule has 1 heterocycles. The van der Waals surface area contributed by atoms with Gasteiger partial charge in [-0.3, -0.25) is 0 Å². The van der Waals surface area contributed by atoms with E-state index in [2.05, 4.69) is 9.91 Å². The van der Waals surface area contributed by atoms with Gasteiger partial charge in [0.1, 0.15) is 12.2 Å². The Morgan fingerprint density at radius 3 is 2.40 bits per heavy atom. The second-order valence-electron chi connectivity index (χ2n) is 3.08. The summed E-state index contributed by atoms with van der Waals surface area (Å²) in [6.45, 7) is 0. The van der Waals surface area contributed by atoms with Crippen molar-refractivity contribution in [1.82, 2.24) is 0 Å². The Balaban J connectivity index is 2.88. The first-order valence-electron chi connectivity index (χ1n) is 4.12. The Bertz CT molecular complexity index is 256. The molecule has 0 aromatic heterocycles. The zero-order valence-electron chi connectivity index (χ0n) is 7.81. The van der Waals surface area contributed by atoms with Crippen LogP contribution in [0.1, 0.15) is 0 Å². The topological polar surface area (TPSA) is 126 Å². The molecule has 8 heteroatoms. The van der Waals surface area contributed by atoms with Gasteiger partial charge in [-0.25, -0.2) is 4.79 Å². The van der Waals surface area contributed by atoms with Gasteiger partial charge in [0.15, 0.2) is 18.4 Å². The lowest BCUT2D eigenvalue weighted by Gasteiger charge is -2.36. The summed E-state index contributed by atoms with van der Waals surface area (Å²) in [6.07, 6.45) is -6.11. The molecule has 0 aromatic rings. The molecule has 5 unspecified atom stereocenters. The number of hydrogen-bond donors (Lipinski definition) is 3. The second-order valence-corrected chi connectivity index (χ2v) is 3.08. The molecule has 0 aromatic carbocycles. The van der Waals surface area contributed by atoms with E-state index in [4.69, 9.17) is 9.84 Å². The molecule has 1 saturated heterocycles. The Morgan fingerprint density at radius 2 is 2.00 bits per heavy atom. The van der Waals surface area contributed by atoms with Gasteiger partial charge in [-0.15, -0.1) is 0 Å². The maximum atomic E-state index is 10.6. The third-order valence-electron chi connectivity index (χ3n) is 2.17. The Kier molecular flexibility index (Phi) is 3.69. The fourth-order valence-corrected chi connectivity index (χ4v) is 1.37. The highest BCUT2D eigenvalue weighted by Crippen LogP contribution is 2.23.